The Kier molecular flexibility index (Phi) is 11.9. The van der Waals surface area contributed by atoms with Gasteiger partial charge in [-0.1, -0.05) is 55.5 Å². The van der Waals surface area contributed by atoms with Crippen LogP contribution >= 0.6 is 0 Å². The summed E-state index contributed by atoms with van der Waals surface area (Å²) in [4.78, 5) is 29.1. The molecule has 0 spiro atoms. The molecule has 1 atom stereocenters. The molecule has 4 aromatic carbocycles. The summed E-state index contributed by atoms with van der Waals surface area (Å²) in [5, 5.41) is 2.83. The maximum atomic E-state index is 15.0. The van der Waals surface area contributed by atoms with Crippen molar-refractivity contribution in [2.45, 2.75) is 37.2 Å². The van der Waals surface area contributed by atoms with Crippen LogP contribution in [0, 0.1) is 11.6 Å². The van der Waals surface area contributed by atoms with Crippen LogP contribution in [0.3, 0.4) is 0 Å². The minimum Gasteiger partial charge on any atom is -0.493 e. The molecule has 1 N–H and O–H groups in total. The van der Waals surface area contributed by atoms with Crippen LogP contribution < -0.4 is 19.1 Å². The summed E-state index contributed by atoms with van der Waals surface area (Å²) in [6.07, 6.45) is 0.711. The van der Waals surface area contributed by atoms with Crippen molar-refractivity contribution in [2.75, 3.05) is 31.6 Å². The molecule has 0 radical (unpaired) electrons. The molecule has 0 saturated heterocycles. The summed E-state index contributed by atoms with van der Waals surface area (Å²) in [6.45, 7) is 1.11. The first kappa shape index (κ1) is 34.9. The van der Waals surface area contributed by atoms with E-state index in [4.69, 9.17) is 9.47 Å². The minimum absolute atomic E-state index is 0.00424. The molecule has 0 saturated carbocycles. The van der Waals surface area contributed by atoms with Gasteiger partial charge in [0.25, 0.3) is 10.0 Å². The van der Waals surface area contributed by atoms with Gasteiger partial charge in [0.2, 0.25) is 11.8 Å². The molecule has 0 aromatic heterocycles. The Bertz CT molecular complexity index is 1770. The lowest BCUT2D eigenvalue weighted by atomic mass is 10.0. The van der Waals surface area contributed by atoms with E-state index in [0.29, 0.717) is 13.0 Å². The molecule has 2 amide bonds. The number of benzene rings is 4. The van der Waals surface area contributed by atoms with Crippen LogP contribution in [-0.4, -0.2) is 58.5 Å². The zero-order valence-corrected chi connectivity index (χ0v) is 27.2. The molecule has 4 rings (SSSR count). The van der Waals surface area contributed by atoms with Crippen molar-refractivity contribution in [2.24, 2.45) is 0 Å². The lowest BCUT2D eigenvalue weighted by molar-refractivity contribution is -0.140. The topological polar surface area (TPSA) is 105 Å². The average molecular weight is 666 g/mol. The smallest absolute Gasteiger partial charge is 0.264 e. The molecule has 4 aromatic rings. The zero-order chi connectivity index (χ0) is 34.0. The van der Waals surface area contributed by atoms with Gasteiger partial charge in [0.05, 0.1) is 24.8 Å². The Morgan fingerprint density at radius 3 is 2.15 bits per heavy atom. The van der Waals surface area contributed by atoms with E-state index >= 15 is 4.39 Å². The number of nitrogens with zero attached hydrogens (tertiary/aromatic N) is 2. The quantitative estimate of drug-likeness (QED) is 0.184. The van der Waals surface area contributed by atoms with Crippen LogP contribution in [0.2, 0.25) is 0 Å². The van der Waals surface area contributed by atoms with Crippen molar-refractivity contribution in [3.63, 3.8) is 0 Å². The Hall–Kier alpha value is -4.97. The van der Waals surface area contributed by atoms with Gasteiger partial charge in [-0.05, 0) is 54.4 Å². The molecule has 0 heterocycles. The van der Waals surface area contributed by atoms with E-state index in [2.05, 4.69) is 5.32 Å². The van der Waals surface area contributed by atoms with E-state index in [1.807, 2.05) is 13.0 Å². The molecule has 0 unspecified atom stereocenters. The summed E-state index contributed by atoms with van der Waals surface area (Å²) in [7, 11) is -1.74. The second-order valence-corrected chi connectivity index (χ2v) is 12.5. The average Bonchev–Trinajstić information content (AvgIpc) is 3.08. The number of carbonyl (C=O) groups is 2. The third-order valence-corrected chi connectivity index (χ3v) is 9.23. The highest BCUT2D eigenvalue weighted by Crippen LogP contribution is 2.32. The van der Waals surface area contributed by atoms with Gasteiger partial charge in [-0.3, -0.25) is 13.9 Å². The second kappa shape index (κ2) is 16.0. The first-order valence-corrected chi connectivity index (χ1v) is 16.4. The van der Waals surface area contributed by atoms with Crippen LogP contribution in [0.25, 0.3) is 0 Å². The number of nitrogens with one attached hydrogen (secondary N) is 1. The van der Waals surface area contributed by atoms with Crippen LogP contribution in [0.4, 0.5) is 14.5 Å². The molecule has 0 bridgehead atoms. The Labute approximate surface area is 273 Å². The van der Waals surface area contributed by atoms with Gasteiger partial charge in [0.15, 0.2) is 11.5 Å². The van der Waals surface area contributed by atoms with Crippen molar-refractivity contribution < 1.29 is 36.3 Å². The number of anilines is 1. The summed E-state index contributed by atoms with van der Waals surface area (Å²) >= 11 is 0. The van der Waals surface area contributed by atoms with Crippen LogP contribution in [-0.2, 0) is 32.6 Å². The minimum atomic E-state index is -4.50. The monoisotopic (exact) mass is 665 g/mol. The molecular weight excluding hydrogens is 628 g/mol. The molecular formula is C35H37F2N3O6S. The fourth-order valence-corrected chi connectivity index (χ4v) is 6.40. The molecule has 0 aliphatic heterocycles. The first-order valence-electron chi connectivity index (χ1n) is 14.9. The van der Waals surface area contributed by atoms with Gasteiger partial charge in [-0.25, -0.2) is 17.2 Å². The SMILES string of the molecule is CCCNC(=O)[C@@H](Cc1ccccc1)N(Cc1ccccc1F)C(=O)CN(c1ccc(F)cc1)S(=O)(=O)c1ccc(OC)c(OC)c1. The van der Waals surface area contributed by atoms with Crippen molar-refractivity contribution in [3.8, 4) is 11.5 Å². The number of rotatable bonds is 15. The standard InChI is InChI=1S/C35H37F2N3O6S/c1-4-20-38-35(42)31(21-25-10-6-5-7-11-25)39(23-26-12-8-9-13-30(26)37)34(41)24-40(28-16-14-27(36)15-17-28)47(43,44)29-18-19-32(45-2)33(22-29)46-3/h5-19,22,31H,4,20-21,23-24H2,1-3H3,(H,38,42)/t31-/m1/s1. The van der Waals surface area contributed by atoms with E-state index in [1.165, 1.54) is 67.7 Å². The molecule has 12 heteroatoms. The Morgan fingerprint density at radius 2 is 1.51 bits per heavy atom. The zero-order valence-electron chi connectivity index (χ0n) is 26.4. The van der Waals surface area contributed by atoms with E-state index in [0.717, 1.165) is 22.0 Å². The number of hydrogen-bond acceptors (Lipinski definition) is 6. The largest absolute Gasteiger partial charge is 0.493 e. The number of methoxy groups -OCH3 is 2. The fraction of sp³-hybridized carbons (Fsp3) is 0.257. The normalized spacial score (nSPS) is 11.8. The summed E-state index contributed by atoms with van der Waals surface area (Å²) in [6, 6.07) is 22.3. The third kappa shape index (κ3) is 8.64. The van der Waals surface area contributed by atoms with Crippen molar-refractivity contribution in [1.82, 2.24) is 10.2 Å². The fourth-order valence-electron chi connectivity index (χ4n) is 4.97. The van der Waals surface area contributed by atoms with E-state index in [9.17, 15) is 22.4 Å². The highest BCUT2D eigenvalue weighted by Gasteiger charge is 2.35. The number of carbonyl (C=O) groups excluding carboxylic acids is 2. The predicted octanol–water partition coefficient (Wildman–Crippen LogP) is 5.34. The molecule has 0 fully saturated rings. The number of halogens is 2. The van der Waals surface area contributed by atoms with Crippen LogP contribution in [0.5, 0.6) is 11.5 Å². The molecule has 9 nitrogen and oxygen atoms in total. The molecule has 248 valence electrons. The van der Waals surface area contributed by atoms with Crippen LogP contribution in [0.1, 0.15) is 24.5 Å². The lowest BCUT2D eigenvalue weighted by Gasteiger charge is -2.34. The molecule has 0 aliphatic rings. The highest BCUT2D eigenvalue weighted by atomic mass is 32.2. The molecule has 47 heavy (non-hydrogen) atoms. The van der Waals surface area contributed by atoms with E-state index in [1.54, 1.807) is 30.3 Å². The summed E-state index contributed by atoms with van der Waals surface area (Å²) in [5.41, 5.74) is 0.873. The number of sulfonamides is 1. The van der Waals surface area contributed by atoms with E-state index < -0.39 is 46.1 Å². The van der Waals surface area contributed by atoms with Gasteiger partial charge in [0, 0.05) is 31.1 Å². The van der Waals surface area contributed by atoms with E-state index in [-0.39, 0.29) is 40.6 Å². The Balaban J connectivity index is 1.82. The van der Waals surface area contributed by atoms with Gasteiger partial charge < -0.3 is 19.7 Å². The summed E-state index contributed by atoms with van der Waals surface area (Å²) < 4.78 is 68.8. The summed E-state index contributed by atoms with van der Waals surface area (Å²) in [5.74, 6) is -2.04. The number of amides is 2. The Morgan fingerprint density at radius 1 is 0.851 bits per heavy atom. The lowest BCUT2D eigenvalue weighted by Crippen LogP contribution is -2.53. The van der Waals surface area contributed by atoms with Crippen LogP contribution in [0.15, 0.2) is 102 Å². The van der Waals surface area contributed by atoms with Crippen molar-refractivity contribution in [1.29, 1.82) is 0 Å². The third-order valence-electron chi connectivity index (χ3n) is 7.46. The second-order valence-electron chi connectivity index (χ2n) is 10.6. The van der Waals surface area contributed by atoms with Gasteiger partial charge in [-0.2, -0.15) is 0 Å². The predicted molar refractivity (Wildman–Crippen MR) is 175 cm³/mol. The van der Waals surface area contributed by atoms with Gasteiger partial charge >= 0.3 is 0 Å². The van der Waals surface area contributed by atoms with Crippen molar-refractivity contribution >= 4 is 27.5 Å². The number of ether oxygens (including phenoxy) is 2. The first-order chi connectivity index (χ1) is 22.6. The number of hydrogen-bond donors (Lipinski definition) is 1. The maximum absolute atomic E-state index is 15.0. The van der Waals surface area contributed by atoms with Gasteiger partial charge in [-0.15, -0.1) is 0 Å². The maximum Gasteiger partial charge on any atom is 0.264 e. The highest BCUT2D eigenvalue weighted by molar-refractivity contribution is 7.92. The van der Waals surface area contributed by atoms with Crippen molar-refractivity contribution in [3.05, 3.63) is 120 Å². The van der Waals surface area contributed by atoms with Gasteiger partial charge in [0.1, 0.15) is 24.2 Å². The molecule has 0 aliphatic carbocycles.